The number of benzene rings is 1. The lowest BCUT2D eigenvalue weighted by atomic mass is 9.97. The molecule has 1 aliphatic rings. The van der Waals surface area contributed by atoms with Crippen molar-refractivity contribution in [3.63, 3.8) is 0 Å². The van der Waals surface area contributed by atoms with Crippen LogP contribution in [0, 0.1) is 5.92 Å². The van der Waals surface area contributed by atoms with Gasteiger partial charge in [-0.15, -0.1) is 0 Å². The number of hydrogen-bond acceptors (Lipinski definition) is 7. The number of carboxylic acid groups (broad SMARTS) is 1. The van der Waals surface area contributed by atoms with Crippen molar-refractivity contribution in [3.05, 3.63) is 29.5 Å². The van der Waals surface area contributed by atoms with Crippen molar-refractivity contribution in [2.75, 3.05) is 36.1 Å². The highest BCUT2D eigenvalue weighted by Gasteiger charge is 2.26. The molecule has 0 bridgehead atoms. The van der Waals surface area contributed by atoms with Crippen LogP contribution < -0.4 is 20.7 Å². The van der Waals surface area contributed by atoms with Gasteiger partial charge in [0.2, 0.25) is 0 Å². The summed E-state index contributed by atoms with van der Waals surface area (Å²) in [6.45, 7) is 1.16. The Morgan fingerprint density at radius 3 is 2.77 bits per heavy atom. The quantitative estimate of drug-likeness (QED) is 0.728. The summed E-state index contributed by atoms with van der Waals surface area (Å²) >= 11 is 6.06. The van der Waals surface area contributed by atoms with E-state index in [0.717, 1.165) is 0 Å². The number of nitrogens with one attached hydrogen (secondary N) is 1. The molecule has 1 aromatic carbocycles. The highest BCUT2D eigenvalue weighted by atomic mass is 35.5. The number of anilines is 4. The Hall–Kier alpha value is -2.74. The molecular formula is C17H20ClN5O3. The van der Waals surface area contributed by atoms with Gasteiger partial charge in [-0.1, -0.05) is 11.6 Å². The first-order valence-corrected chi connectivity index (χ1v) is 8.56. The summed E-state index contributed by atoms with van der Waals surface area (Å²) in [5.41, 5.74) is 7.30. The normalized spacial score (nSPS) is 14.9. The van der Waals surface area contributed by atoms with Crippen molar-refractivity contribution in [1.29, 1.82) is 0 Å². The predicted octanol–water partition coefficient (Wildman–Crippen LogP) is 2.77. The van der Waals surface area contributed by atoms with E-state index in [4.69, 9.17) is 27.2 Å². The average molecular weight is 378 g/mol. The molecule has 0 aliphatic carbocycles. The van der Waals surface area contributed by atoms with E-state index < -0.39 is 5.97 Å². The fraction of sp³-hybridized carbons (Fsp3) is 0.353. The first-order valence-electron chi connectivity index (χ1n) is 8.18. The third-order valence-corrected chi connectivity index (χ3v) is 4.66. The van der Waals surface area contributed by atoms with Crippen molar-refractivity contribution >= 4 is 40.6 Å². The number of piperidine rings is 1. The molecule has 1 saturated heterocycles. The Bertz CT molecular complexity index is 809. The van der Waals surface area contributed by atoms with Crippen molar-refractivity contribution in [1.82, 2.24) is 9.97 Å². The first kappa shape index (κ1) is 18.1. The molecule has 0 atom stereocenters. The summed E-state index contributed by atoms with van der Waals surface area (Å²) in [5.74, 6) is 0.567. The molecule has 0 radical (unpaired) electrons. The van der Waals surface area contributed by atoms with Crippen LogP contribution in [-0.2, 0) is 4.79 Å². The second-order valence-corrected chi connectivity index (χ2v) is 6.47. The zero-order chi connectivity index (χ0) is 18.7. The van der Waals surface area contributed by atoms with Crippen molar-refractivity contribution < 1.29 is 14.6 Å². The van der Waals surface area contributed by atoms with Gasteiger partial charge < -0.3 is 25.8 Å². The maximum absolute atomic E-state index is 11.1. The van der Waals surface area contributed by atoms with E-state index in [-0.39, 0.29) is 5.92 Å². The van der Waals surface area contributed by atoms with E-state index in [0.29, 0.717) is 59.7 Å². The minimum absolute atomic E-state index is 0.317. The van der Waals surface area contributed by atoms with E-state index in [1.54, 1.807) is 25.3 Å². The van der Waals surface area contributed by atoms with Gasteiger partial charge in [0.25, 0.3) is 0 Å². The number of aliphatic carboxylic acids is 1. The van der Waals surface area contributed by atoms with Crippen LogP contribution >= 0.6 is 11.6 Å². The number of carbonyl (C=O) groups is 1. The van der Waals surface area contributed by atoms with Crippen LogP contribution in [0.1, 0.15) is 12.8 Å². The van der Waals surface area contributed by atoms with E-state index in [1.165, 1.54) is 6.33 Å². The van der Waals surface area contributed by atoms with E-state index in [2.05, 4.69) is 15.3 Å². The molecule has 8 nitrogen and oxygen atoms in total. The monoisotopic (exact) mass is 377 g/mol. The number of nitrogens with zero attached hydrogens (tertiary/aromatic N) is 3. The SMILES string of the molecule is COc1ccc(Cl)cc1Nc1ncnc(N2CCC(C(=O)O)CC2)c1N. The van der Waals surface area contributed by atoms with E-state index >= 15 is 0 Å². The van der Waals surface area contributed by atoms with Crippen molar-refractivity contribution in [2.24, 2.45) is 5.92 Å². The van der Waals surface area contributed by atoms with Crippen molar-refractivity contribution in [2.45, 2.75) is 12.8 Å². The number of aromatic nitrogens is 2. The smallest absolute Gasteiger partial charge is 0.306 e. The number of nitrogens with two attached hydrogens (primary N) is 1. The molecule has 4 N–H and O–H groups in total. The summed E-state index contributed by atoms with van der Waals surface area (Å²) in [4.78, 5) is 21.6. The van der Waals surface area contributed by atoms with Crippen LogP contribution in [0.3, 0.4) is 0 Å². The molecule has 3 rings (SSSR count). The fourth-order valence-electron chi connectivity index (χ4n) is 2.98. The molecule has 0 spiro atoms. The number of hydrogen-bond donors (Lipinski definition) is 3. The minimum atomic E-state index is -0.754. The number of carboxylic acids is 1. The second kappa shape index (κ2) is 7.65. The number of nitrogen functional groups attached to an aromatic ring is 1. The number of methoxy groups -OCH3 is 1. The van der Waals surface area contributed by atoms with Gasteiger partial charge in [0.15, 0.2) is 11.6 Å². The Kier molecular flexibility index (Phi) is 5.32. The largest absolute Gasteiger partial charge is 0.495 e. The molecule has 26 heavy (non-hydrogen) atoms. The molecule has 0 amide bonds. The number of halogens is 1. The van der Waals surface area contributed by atoms with Gasteiger partial charge in [0.1, 0.15) is 17.8 Å². The van der Waals surface area contributed by atoms with Gasteiger partial charge in [0, 0.05) is 18.1 Å². The maximum Gasteiger partial charge on any atom is 0.306 e. The van der Waals surface area contributed by atoms with E-state index in [9.17, 15) is 4.79 Å². The molecule has 0 saturated carbocycles. The van der Waals surface area contributed by atoms with Crippen LogP contribution in [0.15, 0.2) is 24.5 Å². The molecule has 1 aliphatic heterocycles. The lowest BCUT2D eigenvalue weighted by molar-refractivity contribution is -0.142. The van der Waals surface area contributed by atoms with Gasteiger partial charge in [-0.2, -0.15) is 0 Å². The summed E-state index contributed by atoms with van der Waals surface area (Å²) in [6.07, 6.45) is 2.54. The Balaban J connectivity index is 1.82. The summed E-state index contributed by atoms with van der Waals surface area (Å²) in [6, 6.07) is 5.20. The standard InChI is InChI=1S/C17H20ClN5O3/c1-26-13-3-2-11(18)8-12(13)22-15-14(19)16(21-9-20-15)23-6-4-10(5-7-23)17(24)25/h2-3,8-10H,4-7,19H2,1H3,(H,24,25)(H,20,21,22). The van der Waals surface area contributed by atoms with Gasteiger partial charge in [-0.25, -0.2) is 9.97 Å². The van der Waals surface area contributed by atoms with E-state index in [1.807, 2.05) is 4.90 Å². The first-order chi connectivity index (χ1) is 12.5. The maximum atomic E-state index is 11.1. The molecular weight excluding hydrogens is 358 g/mol. The molecule has 1 fully saturated rings. The van der Waals surface area contributed by atoms with Crippen LogP contribution in [-0.4, -0.2) is 41.2 Å². The van der Waals surface area contributed by atoms with Gasteiger partial charge >= 0.3 is 5.97 Å². The molecule has 2 aromatic rings. The third-order valence-electron chi connectivity index (χ3n) is 4.42. The molecule has 1 aromatic heterocycles. The van der Waals surface area contributed by atoms with Gasteiger partial charge in [0.05, 0.1) is 18.7 Å². The molecule has 138 valence electrons. The predicted molar refractivity (Wildman–Crippen MR) is 100 cm³/mol. The summed E-state index contributed by atoms with van der Waals surface area (Å²) in [5, 5.41) is 12.8. The van der Waals surface area contributed by atoms with Crippen molar-refractivity contribution in [3.8, 4) is 5.75 Å². The Morgan fingerprint density at radius 1 is 1.38 bits per heavy atom. The van der Waals surface area contributed by atoms with Crippen LogP contribution in [0.4, 0.5) is 23.0 Å². The van der Waals surface area contributed by atoms with Crippen LogP contribution in [0.2, 0.25) is 5.02 Å². The fourth-order valence-corrected chi connectivity index (χ4v) is 3.15. The molecule has 0 unspecified atom stereocenters. The number of rotatable bonds is 5. The van der Waals surface area contributed by atoms with Gasteiger partial charge in [-0.05, 0) is 31.0 Å². The lowest BCUT2D eigenvalue weighted by Crippen LogP contribution is -2.37. The number of ether oxygens (including phenoxy) is 1. The zero-order valence-corrected chi connectivity index (χ0v) is 15.0. The highest BCUT2D eigenvalue weighted by molar-refractivity contribution is 6.31. The second-order valence-electron chi connectivity index (χ2n) is 6.03. The Labute approximate surface area is 155 Å². The zero-order valence-electron chi connectivity index (χ0n) is 14.3. The van der Waals surface area contributed by atoms with Crippen LogP contribution in [0.5, 0.6) is 5.75 Å². The average Bonchev–Trinajstić information content (AvgIpc) is 2.64. The summed E-state index contributed by atoms with van der Waals surface area (Å²) in [7, 11) is 1.57. The topological polar surface area (TPSA) is 114 Å². The third kappa shape index (κ3) is 3.75. The van der Waals surface area contributed by atoms with Crippen LogP contribution in [0.25, 0.3) is 0 Å². The highest BCUT2D eigenvalue weighted by Crippen LogP contribution is 2.35. The van der Waals surface area contributed by atoms with Gasteiger partial charge in [-0.3, -0.25) is 4.79 Å². The summed E-state index contributed by atoms with van der Waals surface area (Å²) < 4.78 is 5.32. The minimum Gasteiger partial charge on any atom is -0.495 e. The molecule has 2 heterocycles. The lowest BCUT2D eigenvalue weighted by Gasteiger charge is -2.31. The Morgan fingerprint density at radius 2 is 2.12 bits per heavy atom. The molecule has 9 heteroatoms.